The van der Waals surface area contributed by atoms with E-state index in [0.717, 1.165) is 0 Å². The topological polar surface area (TPSA) is 79.5 Å². The lowest BCUT2D eigenvalue weighted by Gasteiger charge is -2.21. The van der Waals surface area contributed by atoms with E-state index in [1.54, 1.807) is 6.07 Å². The molecule has 5 nitrogen and oxygen atoms in total. The van der Waals surface area contributed by atoms with E-state index >= 15 is 0 Å². The number of hydrogen-bond acceptors (Lipinski definition) is 5. The molecule has 102 valence electrons. The van der Waals surface area contributed by atoms with Crippen LogP contribution in [0.4, 0.5) is 13.2 Å². The van der Waals surface area contributed by atoms with Crippen LogP contribution in [0.2, 0.25) is 0 Å². The highest BCUT2D eigenvalue weighted by Gasteiger charge is 2.53. The van der Waals surface area contributed by atoms with Crippen LogP contribution in [0.15, 0.2) is 4.99 Å². The molecular formula is C9H11F3N2O3S. The van der Waals surface area contributed by atoms with Crippen LogP contribution in [0, 0.1) is 16.7 Å². The van der Waals surface area contributed by atoms with Crippen LogP contribution in [0.1, 0.15) is 27.2 Å². The highest BCUT2D eigenvalue weighted by molar-refractivity contribution is 7.88. The van der Waals surface area contributed by atoms with Crippen LogP contribution in [-0.2, 0) is 14.3 Å². The summed E-state index contributed by atoms with van der Waals surface area (Å²) in [6, 6.07) is 1.81. The molecular weight excluding hydrogens is 273 g/mol. The van der Waals surface area contributed by atoms with Crippen molar-refractivity contribution < 1.29 is 25.8 Å². The maximum Gasteiger partial charge on any atom is 0.534 e. The smallest absolute Gasteiger partial charge is 0.360 e. The van der Waals surface area contributed by atoms with Gasteiger partial charge < -0.3 is 4.18 Å². The first-order valence-electron chi connectivity index (χ1n) is 4.85. The Balaban J connectivity index is 3.13. The van der Waals surface area contributed by atoms with Crippen molar-refractivity contribution >= 4 is 16.0 Å². The Morgan fingerprint density at radius 2 is 1.89 bits per heavy atom. The standard InChI is InChI=1S/C9H11F3N2O3S/c1-7(2)4-8(3,5-13)14-6(7)17-18(15,16)9(10,11)12/h4H2,1-3H3. The van der Waals surface area contributed by atoms with Gasteiger partial charge in [0.25, 0.3) is 0 Å². The van der Waals surface area contributed by atoms with Crippen LogP contribution < -0.4 is 0 Å². The molecule has 0 fully saturated rings. The zero-order chi connectivity index (χ0) is 14.4. The summed E-state index contributed by atoms with van der Waals surface area (Å²) in [4.78, 5) is 3.64. The molecule has 0 saturated heterocycles. The molecule has 0 saturated carbocycles. The van der Waals surface area contributed by atoms with Crippen molar-refractivity contribution in [2.45, 2.75) is 38.2 Å². The van der Waals surface area contributed by atoms with Crippen molar-refractivity contribution in [1.29, 1.82) is 5.26 Å². The van der Waals surface area contributed by atoms with Gasteiger partial charge in [0.1, 0.15) is 5.54 Å². The second kappa shape index (κ2) is 3.85. The van der Waals surface area contributed by atoms with Gasteiger partial charge in [0.15, 0.2) is 0 Å². The lowest BCUT2D eigenvalue weighted by molar-refractivity contribution is -0.0507. The molecule has 0 aromatic heterocycles. The molecule has 0 radical (unpaired) electrons. The zero-order valence-electron chi connectivity index (χ0n) is 9.87. The Kier molecular flexibility index (Phi) is 3.15. The van der Waals surface area contributed by atoms with E-state index in [-0.39, 0.29) is 6.42 Å². The maximum absolute atomic E-state index is 12.2. The summed E-state index contributed by atoms with van der Waals surface area (Å²) in [6.45, 7) is 4.31. The molecule has 1 aliphatic rings. The number of aliphatic imine (C=N–C) groups is 1. The fourth-order valence-electron chi connectivity index (χ4n) is 1.70. The Labute approximate surface area is 102 Å². The molecule has 1 rings (SSSR count). The van der Waals surface area contributed by atoms with E-state index in [1.807, 2.05) is 0 Å². The predicted octanol–water partition coefficient (Wildman–Crippen LogP) is 1.96. The lowest BCUT2D eigenvalue weighted by Crippen LogP contribution is -2.32. The van der Waals surface area contributed by atoms with E-state index in [0.29, 0.717) is 0 Å². The van der Waals surface area contributed by atoms with Crippen molar-refractivity contribution in [2.24, 2.45) is 10.4 Å². The molecule has 1 atom stereocenters. The maximum atomic E-state index is 12.2. The highest BCUT2D eigenvalue weighted by Crippen LogP contribution is 2.40. The molecule has 0 N–H and O–H groups in total. The SMILES string of the molecule is CC1(C#N)CC(C)(C)C(OS(=O)(=O)C(F)(F)F)=N1. The first-order chi connectivity index (χ1) is 7.83. The molecule has 1 heterocycles. The van der Waals surface area contributed by atoms with E-state index in [9.17, 15) is 21.6 Å². The van der Waals surface area contributed by atoms with Crippen molar-refractivity contribution in [2.75, 3.05) is 0 Å². The van der Waals surface area contributed by atoms with Crippen LogP contribution >= 0.6 is 0 Å². The summed E-state index contributed by atoms with van der Waals surface area (Å²) < 4.78 is 62.3. The minimum atomic E-state index is -5.75. The number of halogens is 3. The number of nitriles is 1. The van der Waals surface area contributed by atoms with Gasteiger partial charge in [-0.1, -0.05) is 13.8 Å². The quantitative estimate of drug-likeness (QED) is 0.544. The largest absolute Gasteiger partial charge is 0.534 e. The van der Waals surface area contributed by atoms with Crippen LogP contribution in [0.3, 0.4) is 0 Å². The van der Waals surface area contributed by atoms with E-state index < -0.39 is 32.5 Å². The Morgan fingerprint density at radius 1 is 1.39 bits per heavy atom. The fraction of sp³-hybridized carbons (Fsp3) is 0.778. The molecule has 9 heteroatoms. The van der Waals surface area contributed by atoms with Gasteiger partial charge in [0.05, 0.1) is 6.07 Å². The third kappa shape index (κ3) is 2.58. The number of nitrogens with zero attached hydrogens (tertiary/aromatic N) is 2. The fourth-order valence-corrected chi connectivity index (χ4v) is 2.26. The highest BCUT2D eigenvalue weighted by atomic mass is 32.2. The van der Waals surface area contributed by atoms with Gasteiger partial charge in [-0.3, -0.25) is 0 Å². The summed E-state index contributed by atoms with van der Waals surface area (Å²) in [5, 5.41) is 8.85. The van der Waals surface area contributed by atoms with Gasteiger partial charge in [-0.25, -0.2) is 4.99 Å². The van der Waals surface area contributed by atoms with Gasteiger partial charge >= 0.3 is 15.6 Å². The molecule has 0 amide bonds. The summed E-state index contributed by atoms with van der Waals surface area (Å²) in [5.41, 5.74) is -7.85. The number of hydrogen-bond donors (Lipinski definition) is 0. The van der Waals surface area contributed by atoms with E-state index in [2.05, 4.69) is 9.18 Å². The van der Waals surface area contributed by atoms with E-state index in [1.165, 1.54) is 20.8 Å². The minimum absolute atomic E-state index is 0.0826. The Bertz CT molecular complexity index is 530. The van der Waals surface area contributed by atoms with E-state index in [4.69, 9.17) is 5.26 Å². The normalized spacial score (nSPS) is 27.5. The third-order valence-electron chi connectivity index (χ3n) is 2.43. The first kappa shape index (κ1) is 14.8. The summed E-state index contributed by atoms with van der Waals surface area (Å²) in [6.07, 6.45) is 0.0826. The predicted molar refractivity (Wildman–Crippen MR) is 55.9 cm³/mol. The van der Waals surface area contributed by atoms with Crippen LogP contribution in [0.5, 0.6) is 0 Å². The van der Waals surface area contributed by atoms with Gasteiger partial charge in [0.2, 0.25) is 5.90 Å². The molecule has 18 heavy (non-hydrogen) atoms. The molecule has 1 aliphatic heterocycles. The Hall–Kier alpha value is -1.30. The monoisotopic (exact) mass is 284 g/mol. The molecule has 0 aromatic carbocycles. The second-order valence-corrected chi connectivity index (χ2v) is 6.38. The van der Waals surface area contributed by atoms with Crippen LogP contribution in [0.25, 0.3) is 0 Å². The molecule has 0 bridgehead atoms. The van der Waals surface area contributed by atoms with Crippen molar-refractivity contribution in [3.8, 4) is 6.07 Å². The van der Waals surface area contributed by atoms with Crippen molar-refractivity contribution in [1.82, 2.24) is 0 Å². The van der Waals surface area contributed by atoms with Crippen molar-refractivity contribution in [3.05, 3.63) is 0 Å². The number of rotatable bonds is 1. The molecule has 0 spiro atoms. The van der Waals surface area contributed by atoms with Gasteiger partial charge in [0, 0.05) is 5.41 Å². The summed E-state index contributed by atoms with van der Waals surface area (Å²) in [7, 11) is -5.75. The minimum Gasteiger partial charge on any atom is -0.360 e. The van der Waals surface area contributed by atoms with Gasteiger partial charge in [-0.2, -0.15) is 26.9 Å². The zero-order valence-corrected chi connectivity index (χ0v) is 10.7. The molecule has 1 unspecified atom stereocenters. The average Bonchev–Trinajstić information content (AvgIpc) is 2.35. The summed E-state index contributed by atoms with van der Waals surface area (Å²) in [5.74, 6) is -0.594. The average molecular weight is 284 g/mol. The lowest BCUT2D eigenvalue weighted by atomic mass is 9.84. The number of alkyl halides is 3. The summed E-state index contributed by atoms with van der Waals surface area (Å²) >= 11 is 0. The van der Waals surface area contributed by atoms with Crippen molar-refractivity contribution in [3.63, 3.8) is 0 Å². The third-order valence-corrected chi connectivity index (χ3v) is 3.37. The molecule has 0 aromatic rings. The van der Waals surface area contributed by atoms with Gasteiger partial charge in [-0.05, 0) is 13.3 Å². The second-order valence-electron chi connectivity index (χ2n) is 4.85. The first-order valence-corrected chi connectivity index (χ1v) is 6.26. The van der Waals surface area contributed by atoms with Crippen LogP contribution in [-0.4, -0.2) is 25.4 Å². The van der Waals surface area contributed by atoms with Gasteiger partial charge in [-0.15, -0.1) is 0 Å². The molecule has 0 aliphatic carbocycles. The Morgan fingerprint density at radius 3 is 2.22 bits per heavy atom.